The van der Waals surface area contributed by atoms with Crippen molar-refractivity contribution in [2.75, 3.05) is 6.54 Å². The summed E-state index contributed by atoms with van der Waals surface area (Å²) in [5, 5.41) is 10.6. The lowest BCUT2D eigenvalue weighted by molar-refractivity contribution is -0.130. The maximum atomic E-state index is 11.3. The van der Waals surface area contributed by atoms with E-state index >= 15 is 0 Å². The van der Waals surface area contributed by atoms with Crippen molar-refractivity contribution < 1.29 is 14.8 Å². The second-order valence-corrected chi connectivity index (χ2v) is 3.62. The summed E-state index contributed by atoms with van der Waals surface area (Å²) in [5.74, 6) is -0.888. The number of nitrogens with one attached hydrogen (secondary N) is 2. The molecule has 0 radical (unpaired) electrons. The third-order valence-electron chi connectivity index (χ3n) is 2.38. The number of carbonyl (C=O) groups excluding carboxylic acids is 2. The number of hydroxylamine groups is 1. The Hall–Kier alpha value is -1.36. The molecule has 0 unspecified atom stereocenters. The summed E-state index contributed by atoms with van der Waals surface area (Å²) in [4.78, 5) is 21.9. The predicted molar refractivity (Wildman–Crippen MR) is 54.1 cm³/mol. The molecular weight excluding hydrogens is 196 g/mol. The first-order valence-electron chi connectivity index (χ1n) is 5.12. The average molecular weight is 212 g/mol. The Morgan fingerprint density at radius 1 is 1.27 bits per heavy atom. The molecule has 2 amide bonds. The van der Waals surface area contributed by atoms with Crippen LogP contribution in [0.5, 0.6) is 0 Å². The molecule has 0 spiro atoms. The smallest absolute Gasteiger partial charge is 0.262 e. The molecule has 1 aliphatic carbocycles. The third kappa shape index (κ3) is 4.60. The van der Waals surface area contributed by atoms with Gasteiger partial charge in [-0.1, -0.05) is 12.0 Å². The van der Waals surface area contributed by atoms with E-state index in [9.17, 15) is 9.59 Å². The largest absolute Gasteiger partial charge is 0.343 e. The fourth-order valence-corrected chi connectivity index (χ4v) is 1.59. The number of amides is 2. The maximum absolute atomic E-state index is 11.3. The van der Waals surface area contributed by atoms with Crippen LogP contribution in [-0.4, -0.2) is 23.6 Å². The Bertz CT molecular complexity index is 266. The Kier molecular flexibility index (Phi) is 4.83. The van der Waals surface area contributed by atoms with E-state index < -0.39 is 5.91 Å². The molecule has 1 fully saturated rings. The van der Waals surface area contributed by atoms with Crippen LogP contribution in [-0.2, 0) is 9.59 Å². The van der Waals surface area contributed by atoms with Gasteiger partial charge in [-0.25, -0.2) is 5.48 Å². The Balaban J connectivity index is 2.30. The molecule has 0 aromatic heterocycles. The van der Waals surface area contributed by atoms with E-state index in [1.807, 2.05) is 0 Å². The van der Waals surface area contributed by atoms with Gasteiger partial charge in [-0.15, -0.1) is 0 Å². The van der Waals surface area contributed by atoms with Crippen molar-refractivity contribution in [1.82, 2.24) is 10.8 Å². The Morgan fingerprint density at radius 2 is 1.93 bits per heavy atom. The summed E-state index contributed by atoms with van der Waals surface area (Å²) in [6.45, 7) is -0.195. The molecule has 0 aliphatic heterocycles. The van der Waals surface area contributed by atoms with Gasteiger partial charge in [0.15, 0.2) is 0 Å². The molecule has 1 rings (SSSR count). The van der Waals surface area contributed by atoms with Gasteiger partial charge in [0.05, 0.1) is 6.54 Å². The highest BCUT2D eigenvalue weighted by Crippen LogP contribution is 2.22. The predicted octanol–water partition coefficient (Wildman–Crippen LogP) is 0.498. The molecule has 5 heteroatoms. The monoisotopic (exact) mass is 212 g/mol. The van der Waals surface area contributed by atoms with E-state index in [1.165, 1.54) is 11.9 Å². The van der Waals surface area contributed by atoms with Gasteiger partial charge in [-0.2, -0.15) is 0 Å². The van der Waals surface area contributed by atoms with Crippen molar-refractivity contribution in [2.45, 2.75) is 32.1 Å². The van der Waals surface area contributed by atoms with E-state index in [-0.39, 0.29) is 12.5 Å². The molecule has 0 saturated heterocycles. The van der Waals surface area contributed by atoms with Crippen LogP contribution in [0.3, 0.4) is 0 Å². The van der Waals surface area contributed by atoms with E-state index in [0.29, 0.717) is 0 Å². The highest BCUT2D eigenvalue weighted by atomic mass is 16.5. The van der Waals surface area contributed by atoms with Gasteiger partial charge in [0.2, 0.25) is 5.91 Å². The Labute approximate surface area is 88.5 Å². The zero-order valence-electron chi connectivity index (χ0n) is 8.58. The van der Waals surface area contributed by atoms with Crippen LogP contribution >= 0.6 is 0 Å². The van der Waals surface area contributed by atoms with Crippen molar-refractivity contribution in [3.8, 4) is 0 Å². The van der Waals surface area contributed by atoms with E-state index in [0.717, 1.165) is 31.3 Å². The first-order chi connectivity index (χ1) is 7.22. The molecule has 0 aromatic rings. The van der Waals surface area contributed by atoms with Gasteiger partial charge in [0.1, 0.15) is 0 Å². The van der Waals surface area contributed by atoms with Crippen LogP contribution in [0.15, 0.2) is 11.6 Å². The molecule has 1 aliphatic rings. The van der Waals surface area contributed by atoms with E-state index in [4.69, 9.17) is 5.21 Å². The van der Waals surface area contributed by atoms with Crippen molar-refractivity contribution in [3.63, 3.8) is 0 Å². The summed E-state index contributed by atoms with van der Waals surface area (Å²) in [6, 6.07) is 0. The molecule has 1 saturated carbocycles. The lowest BCUT2D eigenvalue weighted by atomic mass is 9.95. The summed E-state index contributed by atoms with van der Waals surface area (Å²) >= 11 is 0. The van der Waals surface area contributed by atoms with Crippen LogP contribution in [0, 0.1) is 0 Å². The normalized spacial score (nSPS) is 15.7. The van der Waals surface area contributed by atoms with E-state index in [2.05, 4.69) is 5.32 Å². The number of carbonyl (C=O) groups is 2. The lowest BCUT2D eigenvalue weighted by Gasteiger charge is -2.12. The topological polar surface area (TPSA) is 78.4 Å². The third-order valence-corrected chi connectivity index (χ3v) is 2.38. The minimum absolute atomic E-state index is 0.195. The van der Waals surface area contributed by atoms with Crippen molar-refractivity contribution in [1.29, 1.82) is 0 Å². The highest BCUT2D eigenvalue weighted by molar-refractivity contribution is 5.91. The van der Waals surface area contributed by atoms with Gasteiger partial charge in [0.25, 0.3) is 5.91 Å². The highest BCUT2D eigenvalue weighted by Gasteiger charge is 2.07. The fraction of sp³-hybridized carbons (Fsp3) is 0.600. The second kappa shape index (κ2) is 6.19. The molecule has 0 aromatic carbocycles. The van der Waals surface area contributed by atoms with Crippen LogP contribution < -0.4 is 10.8 Å². The van der Waals surface area contributed by atoms with Crippen LogP contribution in [0.1, 0.15) is 32.1 Å². The summed E-state index contributed by atoms with van der Waals surface area (Å²) in [5.41, 5.74) is 2.59. The van der Waals surface area contributed by atoms with Gasteiger partial charge in [-0.3, -0.25) is 14.8 Å². The van der Waals surface area contributed by atoms with Gasteiger partial charge < -0.3 is 5.32 Å². The first kappa shape index (κ1) is 11.7. The Morgan fingerprint density at radius 3 is 2.53 bits per heavy atom. The molecular formula is C10H16N2O3. The molecule has 15 heavy (non-hydrogen) atoms. The maximum Gasteiger partial charge on any atom is 0.262 e. The minimum atomic E-state index is -0.620. The zero-order chi connectivity index (χ0) is 11.1. The van der Waals surface area contributed by atoms with Crippen molar-refractivity contribution in [3.05, 3.63) is 11.6 Å². The van der Waals surface area contributed by atoms with Crippen molar-refractivity contribution >= 4 is 11.8 Å². The second-order valence-electron chi connectivity index (χ2n) is 3.62. The molecule has 5 nitrogen and oxygen atoms in total. The fourth-order valence-electron chi connectivity index (χ4n) is 1.59. The summed E-state index contributed by atoms with van der Waals surface area (Å²) < 4.78 is 0. The number of hydrogen-bond donors (Lipinski definition) is 3. The minimum Gasteiger partial charge on any atom is -0.343 e. The van der Waals surface area contributed by atoms with Gasteiger partial charge >= 0.3 is 0 Å². The SMILES string of the molecule is O=C(C=C1CCCCC1)NCC(=O)NO. The van der Waals surface area contributed by atoms with Crippen LogP contribution in [0.4, 0.5) is 0 Å². The number of hydrogen-bond acceptors (Lipinski definition) is 3. The number of rotatable bonds is 3. The lowest BCUT2D eigenvalue weighted by Crippen LogP contribution is -2.34. The number of allylic oxidation sites excluding steroid dienone is 1. The van der Waals surface area contributed by atoms with Crippen LogP contribution in [0.2, 0.25) is 0 Å². The molecule has 84 valence electrons. The summed E-state index contributed by atoms with van der Waals surface area (Å²) in [7, 11) is 0. The average Bonchev–Trinajstić information content (AvgIpc) is 2.27. The van der Waals surface area contributed by atoms with Crippen LogP contribution in [0.25, 0.3) is 0 Å². The van der Waals surface area contributed by atoms with Crippen molar-refractivity contribution in [2.24, 2.45) is 0 Å². The standard InChI is InChI=1S/C10H16N2O3/c13-9(11-7-10(14)12-15)6-8-4-2-1-3-5-8/h6,15H,1-5,7H2,(H,11,13)(H,12,14). The molecule has 0 bridgehead atoms. The molecule has 3 N–H and O–H groups in total. The molecule has 0 heterocycles. The van der Waals surface area contributed by atoms with Gasteiger partial charge in [-0.05, 0) is 25.7 Å². The molecule has 0 atom stereocenters. The first-order valence-corrected chi connectivity index (χ1v) is 5.12. The quantitative estimate of drug-likeness (QED) is 0.362. The summed E-state index contributed by atoms with van der Waals surface area (Å²) in [6.07, 6.45) is 7.00. The van der Waals surface area contributed by atoms with E-state index in [1.54, 1.807) is 6.08 Å². The zero-order valence-corrected chi connectivity index (χ0v) is 8.58. The van der Waals surface area contributed by atoms with Gasteiger partial charge in [0, 0.05) is 6.08 Å².